The van der Waals surface area contributed by atoms with Gasteiger partial charge in [-0.05, 0) is 50.2 Å². The molecule has 0 radical (unpaired) electrons. The number of anilines is 1. The molecule has 2 aromatic heterocycles. The van der Waals surface area contributed by atoms with Crippen molar-refractivity contribution in [3.63, 3.8) is 0 Å². The van der Waals surface area contributed by atoms with Gasteiger partial charge in [-0.1, -0.05) is 17.7 Å². The number of fused-ring (bicyclic) bond motifs is 1. The van der Waals surface area contributed by atoms with E-state index in [1.807, 2.05) is 61.5 Å². The Kier molecular flexibility index (Phi) is 4.49. The van der Waals surface area contributed by atoms with Crippen molar-refractivity contribution in [3.8, 4) is 17.0 Å². The maximum Gasteiger partial charge on any atom is 0.278 e. The summed E-state index contributed by atoms with van der Waals surface area (Å²) in [5.74, 6) is 0.454. The van der Waals surface area contributed by atoms with Gasteiger partial charge in [0.05, 0.1) is 18.5 Å². The number of benzene rings is 2. The van der Waals surface area contributed by atoms with Gasteiger partial charge in [0.15, 0.2) is 11.3 Å². The van der Waals surface area contributed by atoms with Crippen LogP contribution in [0.3, 0.4) is 0 Å². The van der Waals surface area contributed by atoms with E-state index in [9.17, 15) is 4.79 Å². The first-order chi connectivity index (χ1) is 13.5. The second-order valence-corrected chi connectivity index (χ2v) is 6.48. The molecule has 0 aliphatic rings. The Morgan fingerprint density at radius 1 is 1.00 bits per heavy atom. The van der Waals surface area contributed by atoms with E-state index in [-0.39, 0.29) is 11.6 Å². The first kappa shape index (κ1) is 17.7. The zero-order valence-corrected chi connectivity index (χ0v) is 15.8. The fraction of sp³-hybridized carbons (Fsp3) is 0.143. The van der Waals surface area contributed by atoms with Crippen molar-refractivity contribution in [2.75, 3.05) is 12.4 Å². The Balaban J connectivity index is 1.66. The van der Waals surface area contributed by atoms with Crippen molar-refractivity contribution < 1.29 is 9.53 Å². The number of nitrogens with zero attached hydrogens (tertiary/aromatic N) is 4. The van der Waals surface area contributed by atoms with Crippen LogP contribution in [0.25, 0.3) is 16.9 Å². The molecule has 0 aliphatic carbocycles. The first-order valence-corrected chi connectivity index (χ1v) is 8.80. The van der Waals surface area contributed by atoms with Crippen LogP contribution in [0.15, 0.2) is 54.6 Å². The SMILES string of the molecule is COc1ccc(-c2cc3nnc(C(=O)Nc4ccc(C)cc4)c(C)n3n2)cc1. The molecule has 0 bridgehead atoms. The Morgan fingerprint density at radius 3 is 2.39 bits per heavy atom. The predicted molar refractivity (Wildman–Crippen MR) is 107 cm³/mol. The van der Waals surface area contributed by atoms with E-state index < -0.39 is 0 Å². The highest BCUT2D eigenvalue weighted by Gasteiger charge is 2.17. The predicted octanol–water partition coefficient (Wildman–Crippen LogP) is 3.67. The van der Waals surface area contributed by atoms with Crippen LogP contribution in [0.4, 0.5) is 5.69 Å². The summed E-state index contributed by atoms with van der Waals surface area (Å²) in [7, 11) is 1.63. The molecule has 2 heterocycles. The van der Waals surface area contributed by atoms with Crippen molar-refractivity contribution >= 4 is 17.2 Å². The van der Waals surface area contributed by atoms with Crippen LogP contribution in [0.1, 0.15) is 21.7 Å². The summed E-state index contributed by atoms with van der Waals surface area (Å²) in [6.45, 7) is 3.80. The normalized spacial score (nSPS) is 10.8. The molecule has 7 heteroatoms. The van der Waals surface area contributed by atoms with E-state index in [1.165, 1.54) is 0 Å². The molecule has 2 aromatic carbocycles. The van der Waals surface area contributed by atoms with Crippen molar-refractivity contribution in [1.29, 1.82) is 0 Å². The second-order valence-electron chi connectivity index (χ2n) is 6.48. The van der Waals surface area contributed by atoms with Gasteiger partial charge in [-0.3, -0.25) is 4.79 Å². The lowest BCUT2D eigenvalue weighted by molar-refractivity contribution is 0.102. The molecule has 28 heavy (non-hydrogen) atoms. The van der Waals surface area contributed by atoms with Crippen LogP contribution in [-0.2, 0) is 0 Å². The maximum absolute atomic E-state index is 12.6. The number of rotatable bonds is 4. The third-order valence-corrected chi connectivity index (χ3v) is 4.51. The number of ether oxygens (including phenoxy) is 1. The molecule has 1 amide bonds. The number of amides is 1. The van der Waals surface area contributed by atoms with Crippen LogP contribution in [0.2, 0.25) is 0 Å². The number of hydrogen-bond donors (Lipinski definition) is 1. The van der Waals surface area contributed by atoms with E-state index in [2.05, 4.69) is 20.6 Å². The third-order valence-electron chi connectivity index (χ3n) is 4.51. The number of methoxy groups -OCH3 is 1. The average molecular weight is 373 g/mol. The van der Waals surface area contributed by atoms with Gasteiger partial charge in [-0.2, -0.15) is 5.10 Å². The molecule has 4 aromatic rings. The van der Waals surface area contributed by atoms with Gasteiger partial charge in [0.1, 0.15) is 5.75 Å². The topological polar surface area (TPSA) is 81.4 Å². The molecule has 0 fully saturated rings. The van der Waals surface area contributed by atoms with Gasteiger partial charge >= 0.3 is 0 Å². The maximum atomic E-state index is 12.6. The standard InChI is InChI=1S/C21H19N5O2/c1-13-4-8-16(9-5-13)22-21(27)20-14(2)26-19(23-24-20)12-18(25-26)15-6-10-17(28-3)11-7-15/h4-12H,1-3H3,(H,22,27). The highest BCUT2D eigenvalue weighted by molar-refractivity contribution is 6.03. The lowest BCUT2D eigenvalue weighted by Crippen LogP contribution is -2.18. The molecule has 7 nitrogen and oxygen atoms in total. The molecular weight excluding hydrogens is 354 g/mol. The highest BCUT2D eigenvalue weighted by atomic mass is 16.5. The monoisotopic (exact) mass is 373 g/mol. The van der Waals surface area contributed by atoms with Crippen molar-refractivity contribution in [1.82, 2.24) is 19.8 Å². The van der Waals surface area contributed by atoms with E-state index >= 15 is 0 Å². The largest absolute Gasteiger partial charge is 0.497 e. The zero-order chi connectivity index (χ0) is 19.7. The van der Waals surface area contributed by atoms with Crippen LogP contribution < -0.4 is 10.1 Å². The Morgan fingerprint density at radius 2 is 1.71 bits per heavy atom. The molecule has 0 atom stereocenters. The van der Waals surface area contributed by atoms with Gasteiger partial charge in [0.25, 0.3) is 5.91 Å². The molecular formula is C21H19N5O2. The minimum absolute atomic E-state index is 0.234. The molecule has 1 N–H and O–H groups in total. The lowest BCUT2D eigenvalue weighted by atomic mass is 10.1. The fourth-order valence-electron chi connectivity index (χ4n) is 2.90. The third kappa shape index (κ3) is 3.29. The highest BCUT2D eigenvalue weighted by Crippen LogP contribution is 2.23. The number of carbonyl (C=O) groups is 1. The summed E-state index contributed by atoms with van der Waals surface area (Å²) in [4.78, 5) is 12.6. The quantitative estimate of drug-likeness (QED) is 0.590. The average Bonchev–Trinajstić information content (AvgIpc) is 3.15. The van der Waals surface area contributed by atoms with Gasteiger partial charge in [0, 0.05) is 17.3 Å². The molecule has 4 rings (SSSR count). The van der Waals surface area contributed by atoms with E-state index in [4.69, 9.17) is 4.74 Å². The van der Waals surface area contributed by atoms with Gasteiger partial charge in [0.2, 0.25) is 0 Å². The number of carbonyl (C=O) groups excluding carboxylic acids is 1. The Labute approximate surface area is 162 Å². The second kappa shape index (κ2) is 7.11. The molecule has 0 saturated heterocycles. The summed E-state index contributed by atoms with van der Waals surface area (Å²) in [5, 5.41) is 15.7. The van der Waals surface area contributed by atoms with E-state index in [0.717, 1.165) is 22.6 Å². The van der Waals surface area contributed by atoms with Crippen LogP contribution in [0.5, 0.6) is 5.75 Å². The van der Waals surface area contributed by atoms with Crippen molar-refractivity contribution in [2.24, 2.45) is 0 Å². The summed E-state index contributed by atoms with van der Waals surface area (Å²) < 4.78 is 6.82. The van der Waals surface area contributed by atoms with Crippen molar-refractivity contribution in [3.05, 3.63) is 71.5 Å². The van der Waals surface area contributed by atoms with Crippen LogP contribution in [0, 0.1) is 13.8 Å². The van der Waals surface area contributed by atoms with Gasteiger partial charge < -0.3 is 10.1 Å². The minimum Gasteiger partial charge on any atom is -0.497 e. The summed E-state index contributed by atoms with van der Waals surface area (Å²) in [6.07, 6.45) is 0. The minimum atomic E-state index is -0.322. The molecule has 0 spiro atoms. The molecule has 0 saturated carbocycles. The first-order valence-electron chi connectivity index (χ1n) is 8.80. The summed E-state index contributed by atoms with van der Waals surface area (Å²) in [5.41, 5.74) is 4.93. The molecule has 140 valence electrons. The number of nitrogens with one attached hydrogen (secondary N) is 1. The summed E-state index contributed by atoms with van der Waals surface area (Å²) >= 11 is 0. The number of aromatic nitrogens is 4. The van der Waals surface area contributed by atoms with Gasteiger partial charge in [-0.25, -0.2) is 4.52 Å². The Hall–Kier alpha value is -3.74. The number of aryl methyl sites for hydroxylation is 2. The smallest absolute Gasteiger partial charge is 0.278 e. The fourth-order valence-corrected chi connectivity index (χ4v) is 2.90. The van der Waals surface area contributed by atoms with E-state index in [1.54, 1.807) is 18.5 Å². The van der Waals surface area contributed by atoms with Gasteiger partial charge in [-0.15, -0.1) is 10.2 Å². The van der Waals surface area contributed by atoms with Crippen LogP contribution >= 0.6 is 0 Å². The number of hydrogen-bond acceptors (Lipinski definition) is 5. The Bertz CT molecular complexity index is 1150. The van der Waals surface area contributed by atoms with E-state index in [0.29, 0.717) is 17.0 Å². The lowest BCUT2D eigenvalue weighted by Gasteiger charge is -2.07. The summed E-state index contributed by atoms with van der Waals surface area (Å²) in [6, 6.07) is 17.0. The van der Waals surface area contributed by atoms with Crippen molar-refractivity contribution in [2.45, 2.75) is 13.8 Å². The molecule has 0 unspecified atom stereocenters. The zero-order valence-electron chi connectivity index (χ0n) is 15.8. The van der Waals surface area contributed by atoms with Crippen LogP contribution in [-0.4, -0.2) is 32.8 Å². The molecule has 0 aliphatic heterocycles.